The molecule has 0 amide bonds. The highest BCUT2D eigenvalue weighted by Crippen LogP contribution is 2.28. The quantitative estimate of drug-likeness (QED) is 0.275. The molecule has 0 aliphatic heterocycles. The van der Waals surface area contributed by atoms with Crippen LogP contribution in [0.2, 0.25) is 0 Å². The molecule has 0 spiro atoms. The van der Waals surface area contributed by atoms with Crippen LogP contribution in [-0.2, 0) is 6.54 Å². The zero-order valence-corrected chi connectivity index (χ0v) is 19.4. The summed E-state index contributed by atoms with van der Waals surface area (Å²) in [5.41, 5.74) is 3.82. The highest BCUT2D eigenvalue weighted by atomic mass is 16.5. The third-order valence-corrected chi connectivity index (χ3v) is 6.08. The van der Waals surface area contributed by atoms with Crippen LogP contribution < -0.4 is 4.74 Å². The monoisotopic (exact) mass is 423 g/mol. The van der Waals surface area contributed by atoms with Crippen molar-refractivity contribution in [2.75, 3.05) is 6.54 Å². The molecule has 0 fully saturated rings. The van der Waals surface area contributed by atoms with Gasteiger partial charge in [-0.25, -0.2) is 0 Å². The molecule has 4 aromatic rings. The molecule has 1 unspecified atom stereocenters. The molecule has 0 N–H and O–H groups in total. The summed E-state index contributed by atoms with van der Waals surface area (Å²) in [6, 6.07) is 34.8. The van der Waals surface area contributed by atoms with Crippen molar-refractivity contribution in [2.24, 2.45) is 0 Å². The van der Waals surface area contributed by atoms with E-state index in [4.69, 9.17) is 4.74 Å². The third kappa shape index (κ3) is 5.77. The minimum atomic E-state index is -0.000615. The Morgan fingerprint density at radius 3 is 2.16 bits per heavy atom. The first-order chi connectivity index (χ1) is 15.6. The summed E-state index contributed by atoms with van der Waals surface area (Å²) >= 11 is 0. The van der Waals surface area contributed by atoms with Crippen molar-refractivity contribution in [3.63, 3.8) is 0 Å². The predicted molar refractivity (Wildman–Crippen MR) is 135 cm³/mol. The molecular weight excluding hydrogens is 390 g/mol. The zero-order chi connectivity index (χ0) is 22.3. The highest BCUT2D eigenvalue weighted by molar-refractivity contribution is 5.83. The maximum atomic E-state index is 6.56. The second kappa shape index (κ2) is 10.5. The van der Waals surface area contributed by atoms with E-state index in [0.717, 1.165) is 25.3 Å². The van der Waals surface area contributed by atoms with Crippen molar-refractivity contribution in [3.05, 3.63) is 114 Å². The van der Waals surface area contributed by atoms with E-state index in [9.17, 15) is 0 Å². The molecule has 32 heavy (non-hydrogen) atoms. The van der Waals surface area contributed by atoms with Gasteiger partial charge < -0.3 is 4.74 Å². The van der Waals surface area contributed by atoms with Gasteiger partial charge in [0.2, 0.25) is 0 Å². The van der Waals surface area contributed by atoms with Gasteiger partial charge >= 0.3 is 0 Å². The van der Waals surface area contributed by atoms with E-state index < -0.39 is 0 Å². The molecule has 4 aromatic carbocycles. The van der Waals surface area contributed by atoms with E-state index in [1.54, 1.807) is 0 Å². The minimum Gasteiger partial charge on any atom is -0.486 e. The lowest BCUT2D eigenvalue weighted by molar-refractivity contribution is 0.144. The molecule has 0 saturated heterocycles. The fourth-order valence-corrected chi connectivity index (χ4v) is 4.10. The Kier molecular flexibility index (Phi) is 7.24. The number of aryl methyl sites for hydroxylation is 1. The van der Waals surface area contributed by atoms with Crippen LogP contribution in [0.3, 0.4) is 0 Å². The molecule has 0 radical (unpaired) electrons. The normalized spacial score (nSPS) is 12.4. The average molecular weight is 424 g/mol. The Bertz CT molecular complexity index is 1120. The topological polar surface area (TPSA) is 12.5 Å². The second-order valence-electron chi connectivity index (χ2n) is 8.86. The lowest BCUT2D eigenvalue weighted by Gasteiger charge is -2.29. The number of hydrogen-bond donors (Lipinski definition) is 0. The first kappa shape index (κ1) is 22.1. The number of ether oxygens (including phenoxy) is 1. The van der Waals surface area contributed by atoms with E-state index in [0.29, 0.717) is 6.04 Å². The van der Waals surface area contributed by atoms with Gasteiger partial charge in [0.05, 0.1) is 0 Å². The van der Waals surface area contributed by atoms with Crippen LogP contribution in [0.4, 0.5) is 0 Å². The molecule has 4 rings (SSSR count). The summed E-state index contributed by atoms with van der Waals surface area (Å²) in [7, 11) is 0. The van der Waals surface area contributed by atoms with E-state index >= 15 is 0 Å². The van der Waals surface area contributed by atoms with Crippen molar-refractivity contribution in [3.8, 4) is 5.75 Å². The molecule has 0 aliphatic rings. The fourth-order valence-electron chi connectivity index (χ4n) is 4.10. The molecule has 0 heterocycles. The Labute approximate surface area is 192 Å². The first-order valence-electron chi connectivity index (χ1n) is 11.6. The average Bonchev–Trinajstić information content (AvgIpc) is 2.82. The van der Waals surface area contributed by atoms with Crippen LogP contribution in [0.1, 0.15) is 43.1 Å². The standard InChI is InChI=1S/C30H33NO/c1-23(2)31(22-25-9-5-4-6-10-25)20-19-30(32-29-17-13-24(3)14-18-29)28-16-15-26-11-7-8-12-27(26)21-28/h4-18,21,23,30H,19-20,22H2,1-3H3. The van der Waals surface area contributed by atoms with Gasteiger partial charge in [-0.15, -0.1) is 0 Å². The summed E-state index contributed by atoms with van der Waals surface area (Å²) in [6.07, 6.45) is 0.927. The SMILES string of the molecule is Cc1ccc(OC(CCN(Cc2ccccc2)C(C)C)c2ccc3ccccc3c2)cc1. The lowest BCUT2D eigenvalue weighted by Crippen LogP contribution is -2.32. The third-order valence-electron chi connectivity index (χ3n) is 6.08. The van der Waals surface area contributed by atoms with Gasteiger partial charge in [-0.3, -0.25) is 4.90 Å². The van der Waals surface area contributed by atoms with Gasteiger partial charge in [0.1, 0.15) is 11.9 Å². The van der Waals surface area contributed by atoms with E-state index in [-0.39, 0.29) is 6.10 Å². The van der Waals surface area contributed by atoms with Crippen molar-refractivity contribution in [2.45, 2.75) is 45.9 Å². The lowest BCUT2D eigenvalue weighted by atomic mass is 10.0. The summed E-state index contributed by atoms with van der Waals surface area (Å²) in [5, 5.41) is 2.52. The van der Waals surface area contributed by atoms with Crippen LogP contribution in [-0.4, -0.2) is 17.5 Å². The van der Waals surface area contributed by atoms with Gasteiger partial charge in [0, 0.05) is 25.6 Å². The Morgan fingerprint density at radius 1 is 0.750 bits per heavy atom. The number of nitrogens with zero attached hydrogens (tertiary/aromatic N) is 1. The Balaban J connectivity index is 1.56. The van der Waals surface area contributed by atoms with Crippen molar-refractivity contribution < 1.29 is 4.74 Å². The molecular formula is C30H33NO. The number of rotatable bonds is 9. The van der Waals surface area contributed by atoms with Crippen molar-refractivity contribution in [1.29, 1.82) is 0 Å². The second-order valence-corrected chi connectivity index (χ2v) is 8.86. The fraction of sp³-hybridized carbons (Fsp3) is 0.267. The molecule has 164 valence electrons. The predicted octanol–water partition coefficient (Wildman–Crippen LogP) is 7.57. The molecule has 0 saturated carbocycles. The summed E-state index contributed by atoms with van der Waals surface area (Å²) < 4.78 is 6.56. The number of fused-ring (bicyclic) bond motifs is 1. The molecule has 0 aliphatic carbocycles. The van der Waals surface area contributed by atoms with Crippen LogP contribution in [0, 0.1) is 6.92 Å². The van der Waals surface area contributed by atoms with E-state index in [1.807, 2.05) is 0 Å². The van der Waals surface area contributed by atoms with Crippen LogP contribution in [0.5, 0.6) is 5.75 Å². The van der Waals surface area contributed by atoms with Gasteiger partial charge in [-0.2, -0.15) is 0 Å². The Morgan fingerprint density at radius 2 is 1.44 bits per heavy atom. The summed E-state index contributed by atoms with van der Waals surface area (Å²) in [5.74, 6) is 0.924. The van der Waals surface area contributed by atoms with Crippen LogP contribution in [0.15, 0.2) is 97.1 Å². The maximum absolute atomic E-state index is 6.56. The van der Waals surface area contributed by atoms with Crippen molar-refractivity contribution in [1.82, 2.24) is 4.90 Å². The molecule has 2 nitrogen and oxygen atoms in total. The van der Waals surface area contributed by atoms with Crippen LogP contribution in [0.25, 0.3) is 10.8 Å². The molecule has 1 atom stereocenters. The zero-order valence-electron chi connectivity index (χ0n) is 19.4. The van der Waals surface area contributed by atoms with E-state index in [2.05, 4.69) is 123 Å². The smallest absolute Gasteiger partial charge is 0.125 e. The van der Waals surface area contributed by atoms with Gasteiger partial charge in [0.25, 0.3) is 0 Å². The molecule has 2 heteroatoms. The largest absolute Gasteiger partial charge is 0.486 e. The van der Waals surface area contributed by atoms with Crippen LogP contribution >= 0.6 is 0 Å². The first-order valence-corrected chi connectivity index (χ1v) is 11.6. The highest BCUT2D eigenvalue weighted by Gasteiger charge is 2.18. The van der Waals surface area contributed by atoms with Gasteiger partial charge in [0.15, 0.2) is 0 Å². The summed E-state index contributed by atoms with van der Waals surface area (Å²) in [4.78, 5) is 2.53. The van der Waals surface area contributed by atoms with Gasteiger partial charge in [-0.1, -0.05) is 84.4 Å². The maximum Gasteiger partial charge on any atom is 0.125 e. The number of hydrogen-bond acceptors (Lipinski definition) is 2. The molecule has 0 bridgehead atoms. The Hall–Kier alpha value is -3.10. The van der Waals surface area contributed by atoms with E-state index in [1.165, 1.54) is 27.5 Å². The van der Waals surface area contributed by atoms with Gasteiger partial charge in [-0.05, 0) is 60.9 Å². The number of benzene rings is 4. The molecule has 0 aromatic heterocycles. The minimum absolute atomic E-state index is 0.000615. The summed E-state index contributed by atoms with van der Waals surface area (Å²) in [6.45, 7) is 8.57. The van der Waals surface area contributed by atoms with Crippen molar-refractivity contribution >= 4 is 10.8 Å².